The summed E-state index contributed by atoms with van der Waals surface area (Å²) in [5.41, 5.74) is 0.665. The standard InChI is InChI=1S/C12H15FN2O/c1-2-15(8-7-14)9-12(16)10-3-5-11(13)6-4-10/h3-6,12,16H,2,8-9H2,1H3. The Labute approximate surface area is 94.7 Å². The highest BCUT2D eigenvalue weighted by atomic mass is 19.1. The van der Waals surface area contributed by atoms with Crippen LogP contribution in [0.4, 0.5) is 4.39 Å². The maximum Gasteiger partial charge on any atom is 0.123 e. The zero-order valence-electron chi connectivity index (χ0n) is 9.23. The highest BCUT2D eigenvalue weighted by Gasteiger charge is 2.11. The highest BCUT2D eigenvalue weighted by Crippen LogP contribution is 2.14. The van der Waals surface area contributed by atoms with Crippen molar-refractivity contribution in [2.45, 2.75) is 13.0 Å². The number of nitrogens with zero attached hydrogens (tertiary/aromatic N) is 2. The lowest BCUT2D eigenvalue weighted by molar-refractivity contribution is 0.123. The molecule has 0 amide bonds. The number of aliphatic hydroxyl groups excluding tert-OH is 1. The molecule has 1 rings (SSSR count). The number of nitriles is 1. The van der Waals surface area contributed by atoms with Gasteiger partial charge in [0.1, 0.15) is 5.82 Å². The van der Waals surface area contributed by atoms with Crippen molar-refractivity contribution in [3.05, 3.63) is 35.6 Å². The van der Waals surface area contributed by atoms with Gasteiger partial charge in [-0.3, -0.25) is 4.90 Å². The molecule has 86 valence electrons. The molecule has 4 heteroatoms. The van der Waals surface area contributed by atoms with E-state index in [4.69, 9.17) is 5.26 Å². The minimum Gasteiger partial charge on any atom is -0.387 e. The van der Waals surface area contributed by atoms with E-state index in [1.54, 1.807) is 12.1 Å². The average molecular weight is 222 g/mol. The van der Waals surface area contributed by atoms with Gasteiger partial charge in [0, 0.05) is 6.54 Å². The molecule has 1 unspecified atom stereocenters. The molecular weight excluding hydrogens is 207 g/mol. The smallest absolute Gasteiger partial charge is 0.123 e. The summed E-state index contributed by atoms with van der Waals surface area (Å²) < 4.78 is 12.7. The summed E-state index contributed by atoms with van der Waals surface area (Å²) in [6.45, 7) is 3.30. The van der Waals surface area contributed by atoms with Crippen LogP contribution >= 0.6 is 0 Å². The predicted octanol–water partition coefficient (Wildman–Crippen LogP) is 1.70. The number of benzene rings is 1. The molecule has 1 atom stereocenters. The predicted molar refractivity (Wildman–Crippen MR) is 59.1 cm³/mol. The van der Waals surface area contributed by atoms with Gasteiger partial charge in [-0.25, -0.2) is 4.39 Å². The van der Waals surface area contributed by atoms with Crippen LogP contribution in [0.15, 0.2) is 24.3 Å². The third-order valence-corrected chi connectivity index (χ3v) is 2.43. The number of likely N-dealkylation sites (N-methyl/N-ethyl adjacent to an activating group) is 1. The van der Waals surface area contributed by atoms with E-state index in [2.05, 4.69) is 0 Å². The fourth-order valence-corrected chi connectivity index (χ4v) is 1.44. The van der Waals surface area contributed by atoms with E-state index in [1.165, 1.54) is 12.1 Å². The maximum absolute atomic E-state index is 12.7. The van der Waals surface area contributed by atoms with E-state index in [0.29, 0.717) is 18.7 Å². The first-order chi connectivity index (χ1) is 7.67. The zero-order chi connectivity index (χ0) is 12.0. The lowest BCUT2D eigenvalue weighted by atomic mass is 10.1. The Morgan fingerprint density at radius 2 is 2.06 bits per heavy atom. The Hall–Kier alpha value is -1.44. The van der Waals surface area contributed by atoms with Crippen LogP contribution in [0.3, 0.4) is 0 Å². The van der Waals surface area contributed by atoms with Gasteiger partial charge in [0.15, 0.2) is 0 Å². The van der Waals surface area contributed by atoms with Gasteiger partial charge in [-0.2, -0.15) is 5.26 Å². The molecule has 0 aliphatic carbocycles. The van der Waals surface area contributed by atoms with Crippen molar-refractivity contribution in [3.8, 4) is 6.07 Å². The monoisotopic (exact) mass is 222 g/mol. The van der Waals surface area contributed by atoms with Gasteiger partial charge >= 0.3 is 0 Å². The summed E-state index contributed by atoms with van der Waals surface area (Å²) in [4.78, 5) is 1.83. The summed E-state index contributed by atoms with van der Waals surface area (Å²) >= 11 is 0. The second-order valence-electron chi connectivity index (χ2n) is 3.55. The second kappa shape index (κ2) is 6.21. The minimum absolute atomic E-state index is 0.286. The van der Waals surface area contributed by atoms with Crippen LogP contribution < -0.4 is 0 Å². The van der Waals surface area contributed by atoms with Crippen molar-refractivity contribution in [1.82, 2.24) is 4.90 Å². The van der Waals surface area contributed by atoms with Crippen LogP contribution in [-0.4, -0.2) is 29.6 Å². The molecule has 0 heterocycles. The number of halogens is 1. The van der Waals surface area contributed by atoms with Crippen molar-refractivity contribution in [3.63, 3.8) is 0 Å². The fraction of sp³-hybridized carbons (Fsp3) is 0.417. The first-order valence-corrected chi connectivity index (χ1v) is 5.20. The normalized spacial score (nSPS) is 12.4. The van der Waals surface area contributed by atoms with E-state index < -0.39 is 6.10 Å². The molecule has 1 aromatic rings. The van der Waals surface area contributed by atoms with Crippen LogP contribution in [-0.2, 0) is 0 Å². The second-order valence-corrected chi connectivity index (χ2v) is 3.55. The summed E-state index contributed by atoms with van der Waals surface area (Å²) in [6, 6.07) is 7.79. The Bertz CT molecular complexity index is 358. The molecule has 0 aliphatic heterocycles. The molecule has 0 radical (unpaired) electrons. The van der Waals surface area contributed by atoms with Crippen molar-refractivity contribution >= 4 is 0 Å². The van der Waals surface area contributed by atoms with Crippen molar-refractivity contribution < 1.29 is 9.50 Å². The van der Waals surface area contributed by atoms with Gasteiger partial charge in [0.2, 0.25) is 0 Å². The fourth-order valence-electron chi connectivity index (χ4n) is 1.44. The van der Waals surface area contributed by atoms with E-state index in [9.17, 15) is 9.50 Å². The van der Waals surface area contributed by atoms with E-state index in [0.717, 1.165) is 0 Å². The van der Waals surface area contributed by atoms with Crippen LogP contribution in [0.1, 0.15) is 18.6 Å². The number of hydrogen-bond donors (Lipinski definition) is 1. The van der Waals surface area contributed by atoms with E-state index in [-0.39, 0.29) is 12.4 Å². The van der Waals surface area contributed by atoms with Crippen molar-refractivity contribution in [2.75, 3.05) is 19.6 Å². The first-order valence-electron chi connectivity index (χ1n) is 5.20. The minimum atomic E-state index is -0.686. The lowest BCUT2D eigenvalue weighted by Gasteiger charge is -2.20. The quantitative estimate of drug-likeness (QED) is 0.771. The van der Waals surface area contributed by atoms with Gasteiger partial charge in [0.25, 0.3) is 0 Å². The van der Waals surface area contributed by atoms with Gasteiger partial charge in [-0.15, -0.1) is 0 Å². The Morgan fingerprint density at radius 3 is 2.56 bits per heavy atom. The van der Waals surface area contributed by atoms with Crippen LogP contribution in [0.25, 0.3) is 0 Å². The van der Waals surface area contributed by atoms with E-state index >= 15 is 0 Å². The van der Waals surface area contributed by atoms with Gasteiger partial charge < -0.3 is 5.11 Å². The largest absolute Gasteiger partial charge is 0.387 e. The molecule has 0 bridgehead atoms. The lowest BCUT2D eigenvalue weighted by Crippen LogP contribution is -2.28. The number of aliphatic hydroxyl groups is 1. The molecule has 3 nitrogen and oxygen atoms in total. The summed E-state index contributed by atoms with van der Waals surface area (Å²) in [6.07, 6.45) is -0.686. The third kappa shape index (κ3) is 3.61. The van der Waals surface area contributed by atoms with Crippen LogP contribution in [0, 0.1) is 17.1 Å². The SMILES string of the molecule is CCN(CC#N)CC(O)c1ccc(F)cc1. The molecule has 16 heavy (non-hydrogen) atoms. The van der Waals surface area contributed by atoms with Gasteiger partial charge in [-0.1, -0.05) is 19.1 Å². The Balaban J connectivity index is 2.60. The van der Waals surface area contributed by atoms with Crippen LogP contribution in [0.5, 0.6) is 0 Å². The van der Waals surface area contributed by atoms with Gasteiger partial charge in [-0.05, 0) is 24.2 Å². The molecular formula is C12H15FN2O. The molecule has 0 fully saturated rings. The molecule has 0 saturated carbocycles. The highest BCUT2D eigenvalue weighted by molar-refractivity contribution is 5.18. The Morgan fingerprint density at radius 1 is 1.44 bits per heavy atom. The summed E-state index contributed by atoms with van der Waals surface area (Å²) in [5, 5.41) is 18.4. The number of rotatable bonds is 5. The molecule has 0 aromatic heterocycles. The molecule has 0 saturated heterocycles. The van der Waals surface area contributed by atoms with Gasteiger partial charge in [0.05, 0.1) is 18.7 Å². The molecule has 1 N–H and O–H groups in total. The van der Waals surface area contributed by atoms with E-state index in [1.807, 2.05) is 17.9 Å². The topological polar surface area (TPSA) is 47.3 Å². The third-order valence-electron chi connectivity index (χ3n) is 2.43. The molecule has 0 spiro atoms. The van der Waals surface area contributed by atoms with Crippen molar-refractivity contribution in [1.29, 1.82) is 5.26 Å². The van der Waals surface area contributed by atoms with Crippen molar-refractivity contribution in [2.24, 2.45) is 0 Å². The number of hydrogen-bond acceptors (Lipinski definition) is 3. The van der Waals surface area contributed by atoms with Crippen LogP contribution in [0.2, 0.25) is 0 Å². The molecule has 0 aliphatic rings. The Kier molecular flexibility index (Phi) is 4.90. The first kappa shape index (κ1) is 12.6. The summed E-state index contributed by atoms with van der Waals surface area (Å²) in [7, 11) is 0. The summed E-state index contributed by atoms with van der Waals surface area (Å²) in [5.74, 6) is -0.319. The average Bonchev–Trinajstić information content (AvgIpc) is 2.29. The zero-order valence-corrected chi connectivity index (χ0v) is 9.23. The maximum atomic E-state index is 12.7. The molecule has 1 aromatic carbocycles.